The molecule has 0 unspecified atom stereocenters. The SMILES string of the molecule is CCCc1cc(C(=O)N[C@H]2CCN(Cc3ccccc3)C2)no1. The Bertz CT molecular complexity index is 639. The van der Waals surface area contributed by atoms with Gasteiger partial charge in [-0.3, -0.25) is 9.69 Å². The van der Waals surface area contributed by atoms with E-state index in [2.05, 4.69) is 46.6 Å². The maximum Gasteiger partial charge on any atom is 0.273 e. The summed E-state index contributed by atoms with van der Waals surface area (Å²) in [5.74, 6) is 0.637. The summed E-state index contributed by atoms with van der Waals surface area (Å²) in [6, 6.07) is 12.3. The van der Waals surface area contributed by atoms with Crippen LogP contribution in [0.4, 0.5) is 0 Å². The number of hydrogen-bond donors (Lipinski definition) is 1. The minimum atomic E-state index is -0.136. The molecule has 1 aromatic heterocycles. The van der Waals surface area contributed by atoms with Gasteiger partial charge in [0.15, 0.2) is 5.69 Å². The van der Waals surface area contributed by atoms with Crippen LogP contribution in [-0.2, 0) is 13.0 Å². The van der Waals surface area contributed by atoms with Gasteiger partial charge in [0.25, 0.3) is 5.91 Å². The van der Waals surface area contributed by atoms with Gasteiger partial charge in [-0.1, -0.05) is 42.4 Å². The molecule has 0 spiro atoms. The van der Waals surface area contributed by atoms with Gasteiger partial charge in [0.1, 0.15) is 5.76 Å². The third-order valence-electron chi connectivity index (χ3n) is 4.14. The van der Waals surface area contributed by atoms with Crippen molar-refractivity contribution < 1.29 is 9.32 Å². The highest BCUT2D eigenvalue weighted by molar-refractivity contribution is 5.92. The van der Waals surface area contributed by atoms with E-state index in [0.29, 0.717) is 5.69 Å². The highest BCUT2D eigenvalue weighted by Crippen LogP contribution is 2.14. The Morgan fingerprint density at radius 1 is 1.39 bits per heavy atom. The first-order chi connectivity index (χ1) is 11.2. The van der Waals surface area contributed by atoms with Crippen molar-refractivity contribution in [2.24, 2.45) is 0 Å². The fraction of sp³-hybridized carbons (Fsp3) is 0.444. The highest BCUT2D eigenvalue weighted by Gasteiger charge is 2.25. The molecule has 2 aromatic rings. The molecule has 23 heavy (non-hydrogen) atoms. The van der Waals surface area contributed by atoms with Gasteiger partial charge in [-0.25, -0.2) is 0 Å². The Morgan fingerprint density at radius 3 is 3.00 bits per heavy atom. The minimum absolute atomic E-state index is 0.136. The molecule has 3 rings (SSSR count). The zero-order valence-electron chi connectivity index (χ0n) is 13.5. The summed E-state index contributed by atoms with van der Waals surface area (Å²) < 4.78 is 5.17. The van der Waals surface area contributed by atoms with Crippen LogP contribution in [0.5, 0.6) is 0 Å². The van der Waals surface area contributed by atoms with Gasteiger partial charge < -0.3 is 9.84 Å². The van der Waals surface area contributed by atoms with Gasteiger partial charge in [-0.2, -0.15) is 0 Å². The van der Waals surface area contributed by atoms with Crippen molar-refractivity contribution in [3.05, 3.63) is 53.4 Å². The summed E-state index contributed by atoms with van der Waals surface area (Å²) in [6.45, 7) is 4.87. The molecule has 2 heterocycles. The lowest BCUT2D eigenvalue weighted by Gasteiger charge is -2.16. The maximum atomic E-state index is 12.2. The number of rotatable bonds is 6. The number of nitrogens with zero attached hydrogens (tertiary/aromatic N) is 2. The van der Waals surface area contributed by atoms with E-state index in [-0.39, 0.29) is 11.9 Å². The van der Waals surface area contributed by atoms with Gasteiger partial charge in [0, 0.05) is 38.2 Å². The van der Waals surface area contributed by atoms with Crippen molar-refractivity contribution in [2.75, 3.05) is 13.1 Å². The molecule has 1 N–H and O–H groups in total. The van der Waals surface area contributed by atoms with E-state index >= 15 is 0 Å². The molecule has 1 atom stereocenters. The van der Waals surface area contributed by atoms with Crippen LogP contribution in [0.1, 0.15) is 41.6 Å². The second-order valence-corrected chi connectivity index (χ2v) is 6.11. The third kappa shape index (κ3) is 4.20. The lowest BCUT2D eigenvalue weighted by molar-refractivity contribution is 0.0928. The zero-order valence-corrected chi connectivity index (χ0v) is 13.5. The van der Waals surface area contributed by atoms with Gasteiger partial charge in [0.2, 0.25) is 0 Å². The number of carbonyl (C=O) groups excluding carboxylic acids is 1. The summed E-state index contributed by atoms with van der Waals surface area (Å²) in [7, 11) is 0. The second kappa shape index (κ2) is 7.42. The Morgan fingerprint density at radius 2 is 2.22 bits per heavy atom. The Hall–Kier alpha value is -2.14. The van der Waals surface area contributed by atoms with Crippen molar-refractivity contribution >= 4 is 5.91 Å². The molecule has 0 bridgehead atoms. The molecular formula is C18H23N3O2. The van der Waals surface area contributed by atoms with E-state index in [1.807, 2.05) is 6.07 Å². The van der Waals surface area contributed by atoms with Gasteiger partial charge >= 0.3 is 0 Å². The fourth-order valence-electron chi connectivity index (χ4n) is 2.98. The molecule has 5 heteroatoms. The van der Waals surface area contributed by atoms with Gasteiger partial charge in [-0.05, 0) is 18.4 Å². The molecule has 1 aromatic carbocycles. The number of carbonyl (C=O) groups is 1. The fourth-order valence-corrected chi connectivity index (χ4v) is 2.98. The summed E-state index contributed by atoms with van der Waals surface area (Å²) in [5.41, 5.74) is 1.69. The number of nitrogens with one attached hydrogen (secondary N) is 1. The van der Waals surface area contributed by atoms with Crippen molar-refractivity contribution in [1.82, 2.24) is 15.4 Å². The number of aryl methyl sites for hydroxylation is 1. The number of amides is 1. The van der Waals surface area contributed by atoms with E-state index < -0.39 is 0 Å². The van der Waals surface area contributed by atoms with E-state index in [0.717, 1.165) is 44.7 Å². The van der Waals surface area contributed by atoms with Crippen molar-refractivity contribution in [1.29, 1.82) is 0 Å². The van der Waals surface area contributed by atoms with Crippen LogP contribution in [0.15, 0.2) is 40.9 Å². The largest absolute Gasteiger partial charge is 0.361 e. The molecule has 0 saturated carbocycles. The van der Waals surface area contributed by atoms with Crippen LogP contribution in [0.3, 0.4) is 0 Å². The lowest BCUT2D eigenvalue weighted by Crippen LogP contribution is -2.37. The molecule has 1 aliphatic rings. The molecule has 5 nitrogen and oxygen atoms in total. The molecule has 1 aliphatic heterocycles. The zero-order chi connectivity index (χ0) is 16.1. The Labute approximate surface area is 136 Å². The van der Waals surface area contributed by atoms with Crippen LogP contribution in [0.25, 0.3) is 0 Å². The Kier molecular flexibility index (Phi) is 5.08. The topological polar surface area (TPSA) is 58.4 Å². The first-order valence-corrected chi connectivity index (χ1v) is 8.27. The van der Waals surface area contributed by atoms with E-state index in [4.69, 9.17) is 4.52 Å². The number of aromatic nitrogens is 1. The third-order valence-corrected chi connectivity index (χ3v) is 4.14. The average Bonchev–Trinajstić information content (AvgIpc) is 3.18. The molecule has 1 fully saturated rings. The van der Waals surface area contributed by atoms with E-state index in [9.17, 15) is 4.79 Å². The van der Waals surface area contributed by atoms with Crippen molar-refractivity contribution in [2.45, 2.75) is 38.8 Å². The molecule has 122 valence electrons. The minimum Gasteiger partial charge on any atom is -0.361 e. The number of benzene rings is 1. The summed E-state index contributed by atoms with van der Waals surface area (Å²) >= 11 is 0. The first kappa shape index (κ1) is 15.7. The normalized spacial score (nSPS) is 18.2. The van der Waals surface area contributed by atoms with Gasteiger partial charge in [-0.15, -0.1) is 0 Å². The summed E-state index contributed by atoms with van der Waals surface area (Å²) in [5, 5.41) is 6.93. The lowest BCUT2D eigenvalue weighted by atomic mass is 10.2. The molecule has 0 radical (unpaired) electrons. The smallest absolute Gasteiger partial charge is 0.273 e. The monoisotopic (exact) mass is 313 g/mol. The Balaban J connectivity index is 1.50. The van der Waals surface area contributed by atoms with Crippen LogP contribution < -0.4 is 5.32 Å². The predicted molar refractivity (Wildman–Crippen MR) is 88.1 cm³/mol. The van der Waals surface area contributed by atoms with Crippen LogP contribution in [0, 0.1) is 0 Å². The van der Waals surface area contributed by atoms with Crippen molar-refractivity contribution in [3.63, 3.8) is 0 Å². The van der Waals surface area contributed by atoms with E-state index in [1.165, 1.54) is 5.56 Å². The average molecular weight is 313 g/mol. The molecule has 1 saturated heterocycles. The molecular weight excluding hydrogens is 290 g/mol. The number of hydrogen-bond acceptors (Lipinski definition) is 4. The quantitative estimate of drug-likeness (QED) is 0.890. The second-order valence-electron chi connectivity index (χ2n) is 6.11. The molecule has 1 amide bonds. The number of likely N-dealkylation sites (tertiary alicyclic amines) is 1. The van der Waals surface area contributed by atoms with Crippen LogP contribution >= 0.6 is 0 Å². The first-order valence-electron chi connectivity index (χ1n) is 8.27. The predicted octanol–water partition coefficient (Wildman–Crippen LogP) is 2.63. The van der Waals surface area contributed by atoms with Gasteiger partial charge in [0.05, 0.1) is 0 Å². The van der Waals surface area contributed by atoms with E-state index in [1.54, 1.807) is 6.07 Å². The summed E-state index contributed by atoms with van der Waals surface area (Å²) in [4.78, 5) is 14.6. The molecule has 0 aliphatic carbocycles. The maximum absolute atomic E-state index is 12.2. The van der Waals surface area contributed by atoms with Crippen molar-refractivity contribution in [3.8, 4) is 0 Å². The standard InChI is InChI=1S/C18H23N3O2/c1-2-6-16-11-17(20-23-16)18(22)19-15-9-10-21(13-15)12-14-7-4-3-5-8-14/h3-5,7-8,11,15H,2,6,9-10,12-13H2,1H3,(H,19,22)/t15-/m0/s1. The van der Waals surface area contributed by atoms with Crippen LogP contribution in [-0.4, -0.2) is 35.1 Å². The summed E-state index contributed by atoms with van der Waals surface area (Å²) in [6.07, 6.45) is 2.76. The highest BCUT2D eigenvalue weighted by atomic mass is 16.5. The van der Waals surface area contributed by atoms with Crippen LogP contribution in [0.2, 0.25) is 0 Å².